The summed E-state index contributed by atoms with van der Waals surface area (Å²) in [4.78, 5) is 0. The Morgan fingerprint density at radius 3 is 2.75 bits per heavy atom. The quantitative estimate of drug-likeness (QED) is 0.917. The van der Waals surface area contributed by atoms with Crippen molar-refractivity contribution in [2.24, 2.45) is 0 Å². The molecule has 0 radical (unpaired) electrons. The van der Waals surface area contributed by atoms with Crippen LogP contribution >= 0.6 is 15.9 Å². The minimum Gasteiger partial charge on any atom is -0.383 e. The second kappa shape index (κ2) is 5.27. The van der Waals surface area contributed by atoms with Crippen LogP contribution in [-0.2, 0) is 4.74 Å². The van der Waals surface area contributed by atoms with Crippen LogP contribution in [0.25, 0.3) is 11.3 Å². The highest BCUT2D eigenvalue weighted by atomic mass is 79.9. The third kappa shape index (κ3) is 2.19. The molecule has 1 aliphatic heterocycles. The molecule has 1 atom stereocenters. The molecule has 1 aromatic heterocycles. The zero-order chi connectivity index (χ0) is 14.1. The number of nitrogens with zero attached hydrogens (tertiary/aromatic N) is 3. The number of nitrogens with two attached hydrogens (primary N) is 1. The molecule has 0 saturated carbocycles. The monoisotopic (exact) mass is 332 g/mol. The van der Waals surface area contributed by atoms with Crippen molar-refractivity contribution in [3.63, 3.8) is 0 Å². The number of hydrogen-bond donors (Lipinski definition) is 1. The Labute approximate surface area is 125 Å². The molecule has 1 aromatic carbocycles. The van der Waals surface area contributed by atoms with Gasteiger partial charge in [-0.2, -0.15) is 10.4 Å². The molecule has 0 aliphatic carbocycles. The molecule has 3 rings (SSSR count). The van der Waals surface area contributed by atoms with Gasteiger partial charge in [-0.25, -0.2) is 4.68 Å². The van der Waals surface area contributed by atoms with Crippen LogP contribution in [0.5, 0.6) is 0 Å². The van der Waals surface area contributed by atoms with Gasteiger partial charge in [-0.05, 0) is 18.6 Å². The fourth-order valence-corrected chi connectivity index (χ4v) is 2.63. The smallest absolute Gasteiger partial charge is 0.140 e. The first kappa shape index (κ1) is 13.2. The van der Waals surface area contributed by atoms with Gasteiger partial charge in [0.2, 0.25) is 0 Å². The summed E-state index contributed by atoms with van der Waals surface area (Å²) in [5.74, 6) is 0.418. The van der Waals surface area contributed by atoms with Crippen molar-refractivity contribution in [2.75, 3.05) is 18.9 Å². The summed E-state index contributed by atoms with van der Waals surface area (Å²) in [7, 11) is 0. The van der Waals surface area contributed by atoms with Crippen molar-refractivity contribution in [3.8, 4) is 17.3 Å². The van der Waals surface area contributed by atoms with Gasteiger partial charge < -0.3 is 10.5 Å². The van der Waals surface area contributed by atoms with Crippen LogP contribution in [0.1, 0.15) is 18.0 Å². The van der Waals surface area contributed by atoms with Crippen LogP contribution < -0.4 is 5.73 Å². The van der Waals surface area contributed by atoms with Crippen molar-refractivity contribution in [2.45, 2.75) is 12.5 Å². The van der Waals surface area contributed by atoms with E-state index in [1.807, 2.05) is 24.3 Å². The van der Waals surface area contributed by atoms with Crippen molar-refractivity contribution in [1.82, 2.24) is 9.78 Å². The summed E-state index contributed by atoms with van der Waals surface area (Å²) in [5.41, 5.74) is 8.02. The molecule has 1 saturated heterocycles. The second-order valence-electron chi connectivity index (χ2n) is 4.69. The standard InChI is InChI=1S/C14H13BrN4O/c15-10-3-1-9(2-4-10)13-12(7-16)14(17)19(18-13)11-5-6-20-8-11/h1-4,11H,5-6,8,17H2/t11-/m1/s1. The van der Waals surface area contributed by atoms with Gasteiger partial charge >= 0.3 is 0 Å². The van der Waals surface area contributed by atoms with Gasteiger partial charge in [0.25, 0.3) is 0 Å². The number of anilines is 1. The predicted octanol–water partition coefficient (Wildman–Crippen LogP) is 2.73. The molecule has 0 spiro atoms. The van der Waals surface area contributed by atoms with Gasteiger partial charge in [0.05, 0.1) is 12.6 Å². The summed E-state index contributed by atoms with van der Waals surface area (Å²) in [6.45, 7) is 1.30. The van der Waals surface area contributed by atoms with Crippen LogP contribution in [-0.4, -0.2) is 23.0 Å². The molecule has 102 valence electrons. The van der Waals surface area contributed by atoms with Gasteiger partial charge in [-0.15, -0.1) is 0 Å². The van der Waals surface area contributed by atoms with E-state index in [0.717, 1.165) is 16.5 Å². The van der Waals surface area contributed by atoms with Gasteiger partial charge in [-0.3, -0.25) is 0 Å². The molecule has 2 heterocycles. The molecule has 2 aromatic rings. The van der Waals surface area contributed by atoms with E-state index in [9.17, 15) is 5.26 Å². The lowest BCUT2D eigenvalue weighted by Crippen LogP contribution is -2.13. The van der Waals surface area contributed by atoms with Gasteiger partial charge in [0, 0.05) is 16.6 Å². The van der Waals surface area contributed by atoms with Crippen LogP contribution in [0.3, 0.4) is 0 Å². The maximum atomic E-state index is 9.35. The lowest BCUT2D eigenvalue weighted by Gasteiger charge is -2.09. The highest BCUT2D eigenvalue weighted by molar-refractivity contribution is 9.10. The zero-order valence-corrected chi connectivity index (χ0v) is 12.3. The summed E-state index contributed by atoms with van der Waals surface area (Å²) in [6.07, 6.45) is 0.872. The molecule has 20 heavy (non-hydrogen) atoms. The molecular weight excluding hydrogens is 320 g/mol. The lowest BCUT2D eigenvalue weighted by atomic mass is 10.1. The molecule has 0 amide bonds. The Balaban J connectivity index is 2.09. The summed E-state index contributed by atoms with van der Waals surface area (Å²) >= 11 is 3.40. The van der Waals surface area contributed by atoms with Crippen molar-refractivity contribution in [3.05, 3.63) is 34.3 Å². The summed E-state index contributed by atoms with van der Waals surface area (Å²) in [6, 6.07) is 9.96. The third-order valence-corrected chi connectivity index (χ3v) is 3.96. The van der Waals surface area contributed by atoms with Crippen molar-refractivity contribution >= 4 is 21.7 Å². The maximum absolute atomic E-state index is 9.35. The van der Waals surface area contributed by atoms with E-state index < -0.39 is 0 Å². The van der Waals surface area contributed by atoms with E-state index in [4.69, 9.17) is 10.5 Å². The second-order valence-corrected chi connectivity index (χ2v) is 5.61. The SMILES string of the molecule is N#Cc1c(-c2ccc(Br)cc2)nn([C@@H]2CCOC2)c1N. The van der Waals surface area contributed by atoms with Crippen LogP contribution in [0, 0.1) is 11.3 Å². The molecular formula is C14H13BrN4O. The molecule has 0 unspecified atom stereocenters. The molecule has 2 N–H and O–H groups in total. The van der Waals surface area contributed by atoms with Gasteiger partial charge in [0.1, 0.15) is 23.1 Å². The topological polar surface area (TPSA) is 76.9 Å². The van der Waals surface area contributed by atoms with Crippen LogP contribution in [0.4, 0.5) is 5.82 Å². The molecule has 5 nitrogen and oxygen atoms in total. The van der Waals surface area contributed by atoms with Gasteiger partial charge in [0.15, 0.2) is 0 Å². The highest BCUT2D eigenvalue weighted by Gasteiger charge is 2.25. The van der Waals surface area contributed by atoms with Crippen molar-refractivity contribution < 1.29 is 4.74 Å². The average molecular weight is 333 g/mol. The number of nitriles is 1. The van der Waals surface area contributed by atoms with E-state index in [2.05, 4.69) is 27.1 Å². The Morgan fingerprint density at radius 2 is 2.15 bits per heavy atom. The fraction of sp³-hybridized carbons (Fsp3) is 0.286. The average Bonchev–Trinajstić information content (AvgIpc) is 3.07. The predicted molar refractivity (Wildman–Crippen MR) is 79.0 cm³/mol. The highest BCUT2D eigenvalue weighted by Crippen LogP contribution is 2.31. The van der Waals surface area contributed by atoms with Crippen LogP contribution in [0.2, 0.25) is 0 Å². The Morgan fingerprint density at radius 1 is 1.40 bits per heavy atom. The molecule has 1 aliphatic rings. The third-order valence-electron chi connectivity index (χ3n) is 3.43. The molecule has 6 heteroatoms. The zero-order valence-electron chi connectivity index (χ0n) is 10.7. The number of benzene rings is 1. The first-order valence-electron chi connectivity index (χ1n) is 6.32. The number of halogens is 1. The first-order chi connectivity index (χ1) is 9.70. The largest absolute Gasteiger partial charge is 0.383 e. The van der Waals surface area contributed by atoms with Crippen molar-refractivity contribution in [1.29, 1.82) is 5.26 Å². The molecule has 0 bridgehead atoms. The number of rotatable bonds is 2. The Hall–Kier alpha value is -1.84. The first-order valence-corrected chi connectivity index (χ1v) is 7.11. The van der Waals surface area contributed by atoms with E-state index in [1.54, 1.807) is 4.68 Å². The lowest BCUT2D eigenvalue weighted by molar-refractivity contribution is 0.185. The Kier molecular flexibility index (Phi) is 3.47. The summed E-state index contributed by atoms with van der Waals surface area (Å²) < 4.78 is 8.07. The van der Waals surface area contributed by atoms with E-state index in [-0.39, 0.29) is 6.04 Å². The van der Waals surface area contributed by atoms with E-state index >= 15 is 0 Å². The number of aromatic nitrogens is 2. The summed E-state index contributed by atoms with van der Waals surface area (Å²) in [5, 5.41) is 13.9. The Bertz CT molecular complexity index is 666. The van der Waals surface area contributed by atoms with Gasteiger partial charge in [-0.1, -0.05) is 28.1 Å². The maximum Gasteiger partial charge on any atom is 0.140 e. The van der Waals surface area contributed by atoms with E-state index in [0.29, 0.717) is 30.3 Å². The number of hydrogen-bond acceptors (Lipinski definition) is 4. The minimum atomic E-state index is 0.117. The number of ether oxygens (including phenoxy) is 1. The minimum absolute atomic E-state index is 0.117. The molecule has 1 fully saturated rings. The fourth-order valence-electron chi connectivity index (χ4n) is 2.36. The normalized spacial score (nSPS) is 18.1. The van der Waals surface area contributed by atoms with E-state index in [1.165, 1.54) is 0 Å². The van der Waals surface area contributed by atoms with Crippen LogP contribution in [0.15, 0.2) is 28.7 Å². The number of nitrogen functional groups attached to an aromatic ring is 1.